The highest BCUT2D eigenvalue weighted by Crippen LogP contribution is 2.36. The molecule has 84 valence electrons. The first-order valence-electron chi connectivity index (χ1n) is 4.38. The Morgan fingerprint density at radius 3 is 2.81 bits per heavy atom. The summed E-state index contributed by atoms with van der Waals surface area (Å²) in [5.41, 5.74) is 6.40. The second kappa shape index (κ2) is 4.50. The van der Waals surface area contributed by atoms with Crippen molar-refractivity contribution in [1.82, 2.24) is 5.16 Å². The zero-order valence-electron chi connectivity index (χ0n) is 8.33. The van der Waals surface area contributed by atoms with Crippen LogP contribution in [0.5, 0.6) is 5.75 Å². The summed E-state index contributed by atoms with van der Waals surface area (Å²) in [5.74, 6) is 1.58. The fourth-order valence-corrected chi connectivity index (χ4v) is 1.96. The molecule has 0 fully saturated rings. The third-order valence-corrected chi connectivity index (χ3v) is 3.35. The molecule has 0 amide bonds. The summed E-state index contributed by atoms with van der Waals surface area (Å²) in [5, 5.41) is 4.30. The molecule has 6 heteroatoms. The van der Waals surface area contributed by atoms with E-state index < -0.39 is 0 Å². The Kier molecular flexibility index (Phi) is 3.25. The highest BCUT2D eigenvalue weighted by Gasteiger charge is 2.17. The molecule has 4 nitrogen and oxygen atoms in total. The Morgan fingerprint density at radius 1 is 1.50 bits per heavy atom. The predicted octanol–water partition coefficient (Wildman–Crippen LogP) is 3.19. The van der Waals surface area contributed by atoms with Crippen LogP contribution in [0.25, 0.3) is 11.3 Å². The second-order valence-electron chi connectivity index (χ2n) is 3.06. The van der Waals surface area contributed by atoms with Gasteiger partial charge < -0.3 is 15.0 Å². The van der Waals surface area contributed by atoms with Crippen LogP contribution in [0.3, 0.4) is 0 Å². The molecule has 1 aromatic carbocycles. The van der Waals surface area contributed by atoms with E-state index in [1.165, 1.54) is 0 Å². The summed E-state index contributed by atoms with van der Waals surface area (Å²) in [7, 11) is 1.57. The van der Waals surface area contributed by atoms with E-state index in [0.717, 1.165) is 9.13 Å². The van der Waals surface area contributed by atoms with Gasteiger partial charge in [0.25, 0.3) is 0 Å². The Hall–Kier alpha value is -0.950. The van der Waals surface area contributed by atoms with Crippen LogP contribution in [-0.2, 0) is 0 Å². The summed E-state index contributed by atoms with van der Waals surface area (Å²) in [6.07, 6.45) is 0. The molecule has 1 heterocycles. The number of hydrogen-bond donors (Lipinski definition) is 1. The molecule has 0 bridgehead atoms. The van der Waals surface area contributed by atoms with Crippen LogP contribution in [0.4, 0.5) is 5.82 Å². The Bertz CT molecular complexity index is 528. The van der Waals surface area contributed by atoms with E-state index in [9.17, 15) is 0 Å². The molecule has 2 N–H and O–H groups in total. The molecule has 2 aromatic rings. The molecule has 2 rings (SSSR count). The van der Waals surface area contributed by atoms with Crippen LogP contribution in [0.1, 0.15) is 0 Å². The van der Waals surface area contributed by atoms with Gasteiger partial charge in [0, 0.05) is 5.02 Å². The number of methoxy groups -OCH3 is 1. The van der Waals surface area contributed by atoms with Crippen LogP contribution >= 0.6 is 34.2 Å². The van der Waals surface area contributed by atoms with E-state index in [0.29, 0.717) is 22.4 Å². The second-order valence-corrected chi connectivity index (χ2v) is 4.57. The van der Waals surface area contributed by atoms with Crippen molar-refractivity contribution in [3.63, 3.8) is 0 Å². The van der Waals surface area contributed by atoms with Crippen molar-refractivity contribution in [3.05, 3.63) is 26.8 Å². The van der Waals surface area contributed by atoms with Crippen molar-refractivity contribution in [3.8, 4) is 17.1 Å². The molecule has 16 heavy (non-hydrogen) atoms. The maximum absolute atomic E-state index is 5.88. The predicted molar refractivity (Wildman–Crippen MR) is 70.6 cm³/mol. The SMILES string of the molecule is COc1cc(Cl)ccc1-c1onc(N)c1I. The summed E-state index contributed by atoms with van der Waals surface area (Å²) in [4.78, 5) is 0. The number of hydrogen-bond acceptors (Lipinski definition) is 4. The number of ether oxygens (including phenoxy) is 1. The van der Waals surface area contributed by atoms with Gasteiger partial charge in [0.05, 0.1) is 12.7 Å². The molecule has 0 saturated heterocycles. The van der Waals surface area contributed by atoms with Crippen LogP contribution in [0.2, 0.25) is 5.02 Å². The molecular weight excluding hydrogens is 342 g/mol. The lowest BCUT2D eigenvalue weighted by Gasteiger charge is -2.06. The van der Waals surface area contributed by atoms with Crippen LogP contribution < -0.4 is 10.5 Å². The quantitative estimate of drug-likeness (QED) is 0.845. The molecule has 0 aliphatic heterocycles. The van der Waals surface area contributed by atoms with Crippen molar-refractivity contribution in [2.75, 3.05) is 12.8 Å². The lowest BCUT2D eigenvalue weighted by atomic mass is 10.1. The Balaban J connectivity index is 2.59. The highest BCUT2D eigenvalue weighted by molar-refractivity contribution is 14.1. The minimum Gasteiger partial charge on any atom is -0.496 e. The summed E-state index contributed by atoms with van der Waals surface area (Å²) >= 11 is 7.95. The monoisotopic (exact) mass is 350 g/mol. The smallest absolute Gasteiger partial charge is 0.186 e. The number of aromatic nitrogens is 1. The number of anilines is 1. The van der Waals surface area contributed by atoms with Crippen molar-refractivity contribution >= 4 is 40.0 Å². The van der Waals surface area contributed by atoms with E-state index >= 15 is 0 Å². The van der Waals surface area contributed by atoms with Gasteiger partial charge in [-0.2, -0.15) is 0 Å². The highest BCUT2D eigenvalue weighted by atomic mass is 127. The molecule has 0 aliphatic rings. The molecule has 0 aliphatic carbocycles. The lowest BCUT2D eigenvalue weighted by Crippen LogP contribution is -1.89. The van der Waals surface area contributed by atoms with E-state index in [1.54, 1.807) is 19.2 Å². The maximum Gasteiger partial charge on any atom is 0.186 e. The maximum atomic E-state index is 5.88. The van der Waals surface area contributed by atoms with Gasteiger partial charge in [0.15, 0.2) is 11.6 Å². The average molecular weight is 351 g/mol. The number of benzene rings is 1. The number of nitrogens with two attached hydrogens (primary N) is 1. The molecule has 0 saturated carbocycles. The van der Waals surface area contributed by atoms with Gasteiger partial charge in [-0.15, -0.1) is 0 Å². The van der Waals surface area contributed by atoms with Gasteiger partial charge >= 0.3 is 0 Å². The Labute approximate surface area is 111 Å². The van der Waals surface area contributed by atoms with Gasteiger partial charge in [-0.3, -0.25) is 0 Å². The van der Waals surface area contributed by atoms with Crippen LogP contribution in [-0.4, -0.2) is 12.3 Å². The van der Waals surface area contributed by atoms with E-state index in [-0.39, 0.29) is 0 Å². The largest absolute Gasteiger partial charge is 0.496 e. The zero-order valence-corrected chi connectivity index (χ0v) is 11.2. The summed E-state index contributed by atoms with van der Waals surface area (Å²) < 4.78 is 11.1. The van der Waals surface area contributed by atoms with Crippen LogP contribution in [0.15, 0.2) is 22.7 Å². The summed E-state index contributed by atoms with van der Waals surface area (Å²) in [6.45, 7) is 0. The van der Waals surface area contributed by atoms with Crippen molar-refractivity contribution in [2.45, 2.75) is 0 Å². The van der Waals surface area contributed by atoms with Crippen molar-refractivity contribution in [2.24, 2.45) is 0 Å². The Morgan fingerprint density at radius 2 is 2.25 bits per heavy atom. The number of halogens is 2. The fraction of sp³-hybridized carbons (Fsp3) is 0.100. The fourth-order valence-electron chi connectivity index (χ4n) is 1.31. The van der Waals surface area contributed by atoms with E-state index in [2.05, 4.69) is 27.7 Å². The standard InChI is InChI=1S/C10H8ClIN2O2/c1-15-7-4-5(11)2-3-6(7)9-8(12)10(13)14-16-9/h2-4H,1H3,(H2,13,14). The first-order valence-corrected chi connectivity index (χ1v) is 5.83. The number of nitrogens with zero attached hydrogens (tertiary/aromatic N) is 1. The first kappa shape index (κ1) is 11.5. The topological polar surface area (TPSA) is 61.3 Å². The van der Waals surface area contributed by atoms with Crippen molar-refractivity contribution in [1.29, 1.82) is 0 Å². The first-order chi connectivity index (χ1) is 7.63. The minimum atomic E-state index is 0.368. The molecule has 0 radical (unpaired) electrons. The van der Waals surface area contributed by atoms with Gasteiger partial charge in [-0.25, -0.2) is 0 Å². The average Bonchev–Trinajstić information content (AvgIpc) is 2.60. The number of nitrogen functional groups attached to an aromatic ring is 1. The van der Waals surface area contributed by atoms with E-state index in [1.807, 2.05) is 6.07 Å². The van der Waals surface area contributed by atoms with Crippen molar-refractivity contribution < 1.29 is 9.26 Å². The van der Waals surface area contributed by atoms with Gasteiger partial charge in [-0.05, 0) is 40.8 Å². The molecule has 0 atom stereocenters. The van der Waals surface area contributed by atoms with Gasteiger partial charge in [0.2, 0.25) is 0 Å². The molecular formula is C10H8ClIN2O2. The molecule has 0 spiro atoms. The minimum absolute atomic E-state index is 0.368. The van der Waals surface area contributed by atoms with Crippen LogP contribution in [0, 0.1) is 3.57 Å². The normalized spacial score (nSPS) is 10.4. The lowest BCUT2D eigenvalue weighted by molar-refractivity contribution is 0.407. The van der Waals surface area contributed by atoms with Gasteiger partial charge in [-0.1, -0.05) is 16.8 Å². The summed E-state index contributed by atoms with van der Waals surface area (Å²) in [6, 6.07) is 5.28. The van der Waals surface area contributed by atoms with E-state index in [4.69, 9.17) is 26.6 Å². The molecule has 1 aromatic heterocycles. The number of rotatable bonds is 2. The third-order valence-electron chi connectivity index (χ3n) is 2.07. The third kappa shape index (κ3) is 1.97. The molecule has 0 unspecified atom stereocenters. The van der Waals surface area contributed by atoms with Gasteiger partial charge in [0.1, 0.15) is 9.32 Å². The zero-order chi connectivity index (χ0) is 11.7.